The summed E-state index contributed by atoms with van der Waals surface area (Å²) in [6.45, 7) is 6.43. The zero-order valence-electron chi connectivity index (χ0n) is 13.1. The molecule has 4 nitrogen and oxygen atoms in total. The second-order valence-corrected chi connectivity index (χ2v) is 6.19. The van der Waals surface area contributed by atoms with Crippen molar-refractivity contribution in [2.24, 2.45) is 0 Å². The molecule has 1 heterocycles. The highest BCUT2D eigenvalue weighted by molar-refractivity contribution is 5.75. The van der Waals surface area contributed by atoms with E-state index in [4.69, 9.17) is 4.74 Å². The predicted octanol–water partition coefficient (Wildman–Crippen LogP) is 2.28. The van der Waals surface area contributed by atoms with Crippen LogP contribution in [-0.4, -0.2) is 61.1 Å². The van der Waals surface area contributed by atoms with E-state index in [2.05, 4.69) is 16.7 Å². The Morgan fingerprint density at radius 2 is 1.85 bits per heavy atom. The quantitative estimate of drug-likeness (QED) is 0.700. The molecule has 1 unspecified atom stereocenters. The van der Waals surface area contributed by atoms with Crippen LogP contribution in [0.2, 0.25) is 0 Å². The van der Waals surface area contributed by atoms with Crippen molar-refractivity contribution < 1.29 is 9.53 Å². The average molecular weight is 282 g/mol. The first-order chi connectivity index (χ1) is 9.76. The van der Waals surface area contributed by atoms with Crippen molar-refractivity contribution in [2.75, 3.05) is 33.3 Å². The molecule has 20 heavy (non-hydrogen) atoms. The average Bonchev–Trinajstić information content (AvgIpc) is 3.02. The molecule has 0 aromatic carbocycles. The Morgan fingerprint density at radius 1 is 1.20 bits per heavy atom. The summed E-state index contributed by atoms with van der Waals surface area (Å²) in [7, 11) is 1.51. The fourth-order valence-corrected chi connectivity index (χ4v) is 3.67. The minimum absolute atomic E-state index is 0.0225. The number of hydrogen-bond acceptors (Lipinski definition) is 4. The molecular formula is C16H30N2O2. The van der Waals surface area contributed by atoms with Crippen molar-refractivity contribution in [1.29, 1.82) is 0 Å². The van der Waals surface area contributed by atoms with Gasteiger partial charge in [-0.2, -0.15) is 0 Å². The molecule has 0 radical (unpaired) electrons. The van der Waals surface area contributed by atoms with E-state index in [1.807, 2.05) is 0 Å². The van der Waals surface area contributed by atoms with Gasteiger partial charge < -0.3 is 4.74 Å². The highest BCUT2D eigenvalue weighted by Crippen LogP contribution is 2.25. The number of piperazine rings is 1. The van der Waals surface area contributed by atoms with Crippen molar-refractivity contribution in [3.05, 3.63) is 0 Å². The van der Waals surface area contributed by atoms with Crippen molar-refractivity contribution in [2.45, 2.75) is 64.0 Å². The molecule has 1 saturated carbocycles. The molecule has 0 N–H and O–H groups in total. The number of methoxy groups -OCH3 is 1. The van der Waals surface area contributed by atoms with Gasteiger partial charge in [0.25, 0.3) is 0 Å². The number of ether oxygens (including phenoxy) is 1. The summed E-state index contributed by atoms with van der Waals surface area (Å²) < 4.78 is 5.00. The Labute approximate surface area is 123 Å². The fourth-order valence-electron chi connectivity index (χ4n) is 3.67. The van der Waals surface area contributed by atoms with Crippen LogP contribution >= 0.6 is 0 Å². The van der Waals surface area contributed by atoms with Gasteiger partial charge in [0.05, 0.1) is 7.11 Å². The molecule has 2 aliphatic rings. The van der Waals surface area contributed by atoms with E-state index < -0.39 is 0 Å². The topological polar surface area (TPSA) is 32.8 Å². The lowest BCUT2D eigenvalue weighted by molar-refractivity contribution is -0.148. The minimum Gasteiger partial charge on any atom is -0.468 e. The third-order valence-electron chi connectivity index (χ3n) is 4.94. The molecule has 1 aliphatic heterocycles. The van der Waals surface area contributed by atoms with Gasteiger partial charge in [-0.3, -0.25) is 14.6 Å². The van der Waals surface area contributed by atoms with Crippen LogP contribution in [0.4, 0.5) is 0 Å². The van der Waals surface area contributed by atoms with Crippen molar-refractivity contribution >= 4 is 5.97 Å². The summed E-state index contributed by atoms with van der Waals surface area (Å²) in [6.07, 6.45) is 8.70. The second-order valence-electron chi connectivity index (χ2n) is 6.19. The normalized spacial score (nSPS) is 23.9. The Bertz CT molecular complexity index is 295. The van der Waals surface area contributed by atoms with Crippen LogP contribution in [0.3, 0.4) is 0 Å². The van der Waals surface area contributed by atoms with Gasteiger partial charge >= 0.3 is 5.97 Å². The maximum atomic E-state index is 12.0. The van der Waals surface area contributed by atoms with Crippen LogP contribution in [-0.2, 0) is 9.53 Å². The van der Waals surface area contributed by atoms with Crippen molar-refractivity contribution in [3.8, 4) is 0 Å². The van der Waals surface area contributed by atoms with Crippen LogP contribution < -0.4 is 0 Å². The van der Waals surface area contributed by atoms with Crippen molar-refractivity contribution in [3.63, 3.8) is 0 Å². The van der Waals surface area contributed by atoms with E-state index in [1.165, 1.54) is 32.8 Å². The molecule has 0 bridgehead atoms. The Kier molecular flexibility index (Phi) is 6.30. The third kappa shape index (κ3) is 3.95. The van der Waals surface area contributed by atoms with E-state index in [0.29, 0.717) is 0 Å². The number of esters is 1. The van der Waals surface area contributed by atoms with Crippen molar-refractivity contribution in [1.82, 2.24) is 9.80 Å². The molecule has 0 amide bonds. The Hall–Kier alpha value is -0.610. The highest BCUT2D eigenvalue weighted by Gasteiger charge is 2.31. The standard InChI is InChI=1S/C16H30N2O2/c1-3-4-9-15(16(19)20-2)18-12-10-17(11-13-18)14-7-5-6-8-14/h14-15H,3-13H2,1-2H3. The largest absolute Gasteiger partial charge is 0.468 e. The smallest absolute Gasteiger partial charge is 0.323 e. The van der Waals surface area contributed by atoms with Gasteiger partial charge in [0.15, 0.2) is 0 Å². The number of hydrogen-bond donors (Lipinski definition) is 0. The summed E-state index contributed by atoms with van der Waals surface area (Å²) in [6, 6.07) is 0.787. The number of nitrogens with zero attached hydrogens (tertiary/aromatic N) is 2. The van der Waals surface area contributed by atoms with Crippen LogP contribution in [0.1, 0.15) is 51.9 Å². The maximum absolute atomic E-state index is 12.0. The van der Waals surface area contributed by atoms with E-state index in [9.17, 15) is 4.79 Å². The lowest BCUT2D eigenvalue weighted by atomic mass is 10.1. The molecule has 0 spiro atoms. The molecule has 0 aromatic rings. The van der Waals surface area contributed by atoms with Crippen LogP contribution in [0.5, 0.6) is 0 Å². The van der Waals surface area contributed by atoms with Gasteiger partial charge in [-0.15, -0.1) is 0 Å². The maximum Gasteiger partial charge on any atom is 0.323 e. The molecule has 116 valence electrons. The van der Waals surface area contributed by atoms with Crippen LogP contribution in [0.25, 0.3) is 0 Å². The monoisotopic (exact) mass is 282 g/mol. The second kappa shape index (κ2) is 7.99. The lowest BCUT2D eigenvalue weighted by Gasteiger charge is -2.40. The Morgan fingerprint density at radius 3 is 2.40 bits per heavy atom. The first-order valence-electron chi connectivity index (χ1n) is 8.32. The SMILES string of the molecule is CCCCC(C(=O)OC)N1CCN(C2CCCC2)CC1. The van der Waals surface area contributed by atoms with Gasteiger partial charge in [-0.1, -0.05) is 32.6 Å². The summed E-state index contributed by atoms with van der Waals surface area (Å²) in [5.41, 5.74) is 0. The number of rotatable bonds is 6. The third-order valence-corrected chi connectivity index (χ3v) is 4.94. The lowest BCUT2D eigenvalue weighted by Crippen LogP contribution is -2.54. The van der Waals surface area contributed by atoms with E-state index in [-0.39, 0.29) is 12.0 Å². The minimum atomic E-state index is -0.0484. The molecular weight excluding hydrogens is 252 g/mol. The molecule has 0 aromatic heterocycles. The predicted molar refractivity (Wildman–Crippen MR) is 80.7 cm³/mol. The summed E-state index contributed by atoms with van der Waals surface area (Å²) in [5, 5.41) is 0. The molecule has 2 fully saturated rings. The zero-order valence-corrected chi connectivity index (χ0v) is 13.1. The number of carbonyl (C=O) groups excluding carboxylic acids is 1. The highest BCUT2D eigenvalue weighted by atomic mass is 16.5. The first kappa shape index (κ1) is 15.8. The number of carbonyl (C=O) groups is 1. The summed E-state index contributed by atoms with van der Waals surface area (Å²) in [5.74, 6) is -0.0484. The Balaban J connectivity index is 1.84. The summed E-state index contributed by atoms with van der Waals surface area (Å²) >= 11 is 0. The van der Waals surface area contributed by atoms with Gasteiger partial charge in [-0.25, -0.2) is 0 Å². The molecule has 2 rings (SSSR count). The van der Waals surface area contributed by atoms with Crippen LogP contribution in [0, 0.1) is 0 Å². The van der Waals surface area contributed by atoms with E-state index >= 15 is 0 Å². The van der Waals surface area contributed by atoms with Crippen LogP contribution in [0.15, 0.2) is 0 Å². The fraction of sp³-hybridized carbons (Fsp3) is 0.938. The molecule has 4 heteroatoms. The van der Waals surface area contributed by atoms with Gasteiger partial charge in [0, 0.05) is 32.2 Å². The summed E-state index contributed by atoms with van der Waals surface area (Å²) in [4.78, 5) is 17.0. The van der Waals surface area contributed by atoms with E-state index in [0.717, 1.165) is 51.5 Å². The molecule has 1 atom stereocenters. The van der Waals surface area contributed by atoms with Gasteiger partial charge in [0.1, 0.15) is 6.04 Å². The van der Waals surface area contributed by atoms with E-state index in [1.54, 1.807) is 0 Å². The van der Waals surface area contributed by atoms with Gasteiger partial charge in [0.2, 0.25) is 0 Å². The first-order valence-corrected chi connectivity index (χ1v) is 8.32. The zero-order chi connectivity index (χ0) is 14.4. The van der Waals surface area contributed by atoms with Gasteiger partial charge in [-0.05, 0) is 19.3 Å². The molecule has 1 aliphatic carbocycles. The number of unbranched alkanes of at least 4 members (excludes halogenated alkanes) is 1. The molecule has 1 saturated heterocycles.